The summed E-state index contributed by atoms with van der Waals surface area (Å²) >= 11 is 1.09. The summed E-state index contributed by atoms with van der Waals surface area (Å²) < 4.78 is 6.56. The highest BCUT2D eigenvalue weighted by atomic mass is 32.1. The van der Waals surface area contributed by atoms with Crippen LogP contribution in [-0.4, -0.2) is 22.1 Å². The maximum Gasteiger partial charge on any atom is 0.310 e. The molecule has 2 aromatic rings. The highest BCUT2D eigenvalue weighted by Gasteiger charge is 2.16. The second kappa shape index (κ2) is 6.99. The number of aromatic nitrogens is 1. The summed E-state index contributed by atoms with van der Waals surface area (Å²) in [6, 6.07) is 6.03. The molecule has 0 spiro atoms. The molecule has 0 aliphatic carbocycles. The zero-order chi connectivity index (χ0) is 16.1. The Morgan fingerprint density at radius 2 is 2.14 bits per heavy atom. The van der Waals surface area contributed by atoms with Gasteiger partial charge in [0.2, 0.25) is 0 Å². The second-order valence-corrected chi connectivity index (χ2v) is 5.40. The number of nitro benzene ring substituents is 1. The molecule has 0 fully saturated rings. The van der Waals surface area contributed by atoms with Crippen LogP contribution < -0.4 is 4.87 Å². The first-order valence-electron chi connectivity index (χ1n) is 6.52. The summed E-state index contributed by atoms with van der Waals surface area (Å²) in [5.41, 5.74) is 1.01. The number of nitrogens with zero attached hydrogens (tertiary/aromatic N) is 2. The average molecular weight is 322 g/mol. The molecule has 22 heavy (non-hydrogen) atoms. The molecule has 0 radical (unpaired) electrons. The SMILES string of the molecule is Cc1csc(=O)n1CCOC(=O)Cc1ccccc1[N+](=O)[O-]. The van der Waals surface area contributed by atoms with Gasteiger partial charge in [0.1, 0.15) is 6.61 Å². The van der Waals surface area contributed by atoms with Crippen molar-refractivity contribution in [1.82, 2.24) is 4.57 Å². The molecule has 0 atom stereocenters. The highest BCUT2D eigenvalue weighted by molar-refractivity contribution is 7.07. The fourth-order valence-electron chi connectivity index (χ4n) is 1.97. The van der Waals surface area contributed by atoms with Crippen LogP contribution in [-0.2, 0) is 22.5 Å². The van der Waals surface area contributed by atoms with E-state index in [4.69, 9.17) is 4.74 Å². The molecule has 0 aliphatic rings. The number of hydrogen-bond donors (Lipinski definition) is 0. The van der Waals surface area contributed by atoms with Gasteiger partial charge in [0, 0.05) is 22.7 Å². The fraction of sp³-hybridized carbons (Fsp3) is 0.286. The fourth-order valence-corrected chi connectivity index (χ4v) is 2.73. The number of rotatable bonds is 6. The molecule has 1 aromatic carbocycles. The summed E-state index contributed by atoms with van der Waals surface area (Å²) in [5.74, 6) is -0.560. The van der Waals surface area contributed by atoms with Crippen LogP contribution >= 0.6 is 11.3 Å². The molecule has 116 valence electrons. The predicted octanol–water partition coefficient (Wildman–Crippen LogP) is 1.91. The van der Waals surface area contributed by atoms with Crippen LogP contribution in [0.4, 0.5) is 5.69 Å². The maximum atomic E-state index is 11.8. The minimum Gasteiger partial charge on any atom is -0.464 e. The lowest BCUT2D eigenvalue weighted by Gasteiger charge is -2.07. The topological polar surface area (TPSA) is 91.4 Å². The molecule has 2 rings (SSSR count). The van der Waals surface area contributed by atoms with Gasteiger partial charge in [-0.2, -0.15) is 0 Å². The van der Waals surface area contributed by atoms with Crippen molar-refractivity contribution in [2.24, 2.45) is 0 Å². The first-order valence-corrected chi connectivity index (χ1v) is 7.40. The van der Waals surface area contributed by atoms with E-state index in [1.165, 1.54) is 16.7 Å². The Morgan fingerprint density at radius 3 is 2.77 bits per heavy atom. The molecule has 0 saturated carbocycles. The molecule has 1 heterocycles. The Morgan fingerprint density at radius 1 is 1.41 bits per heavy atom. The molecule has 8 heteroatoms. The Labute approximate surface area is 129 Å². The summed E-state index contributed by atoms with van der Waals surface area (Å²) in [6.45, 7) is 2.13. The molecule has 0 saturated heterocycles. The largest absolute Gasteiger partial charge is 0.464 e. The van der Waals surface area contributed by atoms with Crippen molar-refractivity contribution >= 4 is 23.0 Å². The van der Waals surface area contributed by atoms with E-state index >= 15 is 0 Å². The molecule has 0 N–H and O–H groups in total. The number of thiazole rings is 1. The summed E-state index contributed by atoms with van der Waals surface area (Å²) in [6.07, 6.45) is -0.172. The van der Waals surface area contributed by atoms with E-state index in [-0.39, 0.29) is 30.1 Å². The van der Waals surface area contributed by atoms with Crippen molar-refractivity contribution in [3.8, 4) is 0 Å². The average Bonchev–Trinajstić information content (AvgIpc) is 2.79. The van der Waals surface area contributed by atoms with Crippen LogP contribution in [0.25, 0.3) is 0 Å². The van der Waals surface area contributed by atoms with Crippen LogP contribution in [0.1, 0.15) is 11.3 Å². The first-order chi connectivity index (χ1) is 10.5. The van der Waals surface area contributed by atoms with Crippen molar-refractivity contribution in [2.75, 3.05) is 6.61 Å². The Kier molecular flexibility index (Phi) is 5.05. The van der Waals surface area contributed by atoms with Gasteiger partial charge in [-0.1, -0.05) is 29.5 Å². The number of hydrogen-bond acceptors (Lipinski definition) is 6. The molecule has 0 unspecified atom stereocenters. The van der Waals surface area contributed by atoms with Gasteiger partial charge < -0.3 is 4.74 Å². The van der Waals surface area contributed by atoms with Gasteiger partial charge in [0.25, 0.3) is 5.69 Å². The zero-order valence-electron chi connectivity index (χ0n) is 11.9. The smallest absolute Gasteiger partial charge is 0.310 e. The molecule has 1 aromatic heterocycles. The van der Waals surface area contributed by atoms with Gasteiger partial charge in [0.05, 0.1) is 17.9 Å². The quantitative estimate of drug-likeness (QED) is 0.460. The minimum absolute atomic E-state index is 0.0525. The van der Waals surface area contributed by atoms with E-state index in [9.17, 15) is 19.7 Å². The lowest BCUT2D eigenvalue weighted by Crippen LogP contribution is -2.20. The minimum atomic E-state index is -0.560. The van der Waals surface area contributed by atoms with Gasteiger partial charge in [0.15, 0.2) is 0 Å². The van der Waals surface area contributed by atoms with Crippen LogP contribution in [0.3, 0.4) is 0 Å². The summed E-state index contributed by atoms with van der Waals surface area (Å²) in [7, 11) is 0. The van der Waals surface area contributed by atoms with E-state index in [1.54, 1.807) is 24.4 Å². The molecule has 7 nitrogen and oxygen atoms in total. The van der Waals surface area contributed by atoms with Crippen LogP contribution in [0.15, 0.2) is 34.4 Å². The monoisotopic (exact) mass is 322 g/mol. The number of carbonyl (C=O) groups excluding carboxylic acids is 1. The molecule has 0 aliphatic heterocycles. The van der Waals surface area contributed by atoms with Crippen molar-refractivity contribution in [3.63, 3.8) is 0 Å². The van der Waals surface area contributed by atoms with Gasteiger partial charge in [-0.05, 0) is 6.92 Å². The van der Waals surface area contributed by atoms with E-state index in [2.05, 4.69) is 0 Å². The van der Waals surface area contributed by atoms with E-state index in [0.717, 1.165) is 17.0 Å². The lowest BCUT2D eigenvalue weighted by atomic mass is 10.1. The number of esters is 1. The van der Waals surface area contributed by atoms with Gasteiger partial charge in [-0.3, -0.25) is 24.3 Å². The van der Waals surface area contributed by atoms with E-state index in [0.29, 0.717) is 5.56 Å². The van der Waals surface area contributed by atoms with Crippen LogP contribution in [0.2, 0.25) is 0 Å². The number of ether oxygens (including phenoxy) is 1. The van der Waals surface area contributed by atoms with E-state index < -0.39 is 10.9 Å². The van der Waals surface area contributed by atoms with Crippen molar-refractivity contribution in [3.05, 3.63) is 60.7 Å². The summed E-state index contributed by atoms with van der Waals surface area (Å²) in [5, 5.41) is 12.6. The van der Waals surface area contributed by atoms with Crippen molar-refractivity contribution in [1.29, 1.82) is 0 Å². The lowest BCUT2D eigenvalue weighted by molar-refractivity contribution is -0.385. The predicted molar refractivity (Wildman–Crippen MR) is 81.1 cm³/mol. The van der Waals surface area contributed by atoms with Crippen LogP contribution in [0.5, 0.6) is 0 Å². The number of carbonyl (C=O) groups is 1. The Bertz CT molecular complexity index is 750. The Hall–Kier alpha value is -2.48. The van der Waals surface area contributed by atoms with Gasteiger partial charge in [-0.15, -0.1) is 0 Å². The third-order valence-electron chi connectivity index (χ3n) is 3.08. The molecule has 0 bridgehead atoms. The maximum absolute atomic E-state index is 11.8. The van der Waals surface area contributed by atoms with Crippen molar-refractivity contribution in [2.45, 2.75) is 19.9 Å². The Balaban J connectivity index is 1.92. The molecule has 0 amide bonds. The number of para-hydroxylation sites is 1. The number of benzene rings is 1. The third kappa shape index (κ3) is 3.79. The highest BCUT2D eigenvalue weighted by Crippen LogP contribution is 2.18. The summed E-state index contributed by atoms with van der Waals surface area (Å²) in [4.78, 5) is 33.5. The molecular weight excluding hydrogens is 308 g/mol. The van der Waals surface area contributed by atoms with Gasteiger partial charge >= 0.3 is 10.8 Å². The zero-order valence-corrected chi connectivity index (χ0v) is 12.7. The first kappa shape index (κ1) is 15.9. The number of nitro groups is 1. The standard InChI is InChI=1S/C14H14N2O5S/c1-10-9-22-14(18)15(10)6-7-21-13(17)8-11-4-2-3-5-12(11)16(19)20/h2-5,9H,6-8H2,1H3. The second-order valence-electron chi connectivity index (χ2n) is 4.58. The number of aryl methyl sites for hydroxylation is 1. The van der Waals surface area contributed by atoms with E-state index in [1.807, 2.05) is 0 Å². The molecular formula is C14H14N2O5S. The normalized spacial score (nSPS) is 10.4. The van der Waals surface area contributed by atoms with Crippen molar-refractivity contribution < 1.29 is 14.5 Å². The van der Waals surface area contributed by atoms with Gasteiger partial charge in [-0.25, -0.2) is 0 Å². The van der Waals surface area contributed by atoms with Crippen LogP contribution in [0, 0.1) is 17.0 Å². The third-order valence-corrected chi connectivity index (χ3v) is 3.96.